The molecule has 2 atom stereocenters. The van der Waals surface area contributed by atoms with Crippen LogP contribution in [-0.2, 0) is 21.9 Å². The summed E-state index contributed by atoms with van der Waals surface area (Å²) in [6, 6.07) is 4.80. The van der Waals surface area contributed by atoms with Crippen molar-refractivity contribution >= 4 is 23.5 Å². The summed E-state index contributed by atoms with van der Waals surface area (Å²) in [5.74, 6) is -1.71. The number of rotatable bonds is 6. The van der Waals surface area contributed by atoms with E-state index in [1.807, 2.05) is 0 Å². The normalized spacial score (nSPS) is 22.1. The molecule has 7 nitrogen and oxygen atoms in total. The molecule has 0 aromatic heterocycles. The Labute approximate surface area is 262 Å². The number of urea groups is 1. The van der Waals surface area contributed by atoms with Crippen molar-refractivity contribution in [2.45, 2.75) is 69.9 Å². The fourth-order valence-corrected chi connectivity index (χ4v) is 6.13. The number of nitrogens with zero attached hydrogens (tertiary/aromatic N) is 3. The average Bonchev–Trinajstić information content (AvgIpc) is 3.44. The van der Waals surface area contributed by atoms with Crippen LogP contribution in [0.25, 0.3) is 0 Å². The van der Waals surface area contributed by atoms with Gasteiger partial charge in [0.2, 0.25) is 11.8 Å². The number of likely N-dealkylation sites (N-methyl/N-ethyl adjacent to an activating group) is 1. The van der Waals surface area contributed by atoms with Gasteiger partial charge in [-0.15, -0.1) is 0 Å². The number of anilines is 1. The van der Waals surface area contributed by atoms with Gasteiger partial charge >= 0.3 is 18.4 Å². The van der Waals surface area contributed by atoms with Gasteiger partial charge < -0.3 is 15.1 Å². The maximum atomic E-state index is 13.8. The lowest BCUT2D eigenvalue weighted by molar-refractivity contribution is -0.143. The number of hydrogen-bond donors (Lipinski definition) is 1. The monoisotopic (exact) mass is 658 g/mol. The van der Waals surface area contributed by atoms with Gasteiger partial charge in [0, 0.05) is 56.7 Å². The summed E-state index contributed by atoms with van der Waals surface area (Å²) in [6.45, 7) is 3.81. The zero-order valence-electron chi connectivity index (χ0n) is 25.9. The molecule has 0 radical (unpaired) electrons. The van der Waals surface area contributed by atoms with Gasteiger partial charge in [-0.05, 0) is 61.6 Å². The molecule has 1 saturated heterocycles. The number of carbonyl (C=O) groups is 3. The van der Waals surface area contributed by atoms with Crippen molar-refractivity contribution in [3.05, 3.63) is 65.0 Å². The largest absolute Gasteiger partial charge is 0.416 e. The van der Waals surface area contributed by atoms with E-state index in [-0.39, 0.29) is 48.8 Å². The highest BCUT2D eigenvalue weighted by molar-refractivity contribution is 5.92. The third kappa shape index (κ3) is 7.92. The minimum atomic E-state index is -5.09. The molecule has 2 fully saturated rings. The van der Waals surface area contributed by atoms with E-state index in [9.17, 15) is 45.1 Å². The summed E-state index contributed by atoms with van der Waals surface area (Å²) in [7, 11) is 2.45. The number of alkyl halides is 6. The molecule has 46 heavy (non-hydrogen) atoms. The van der Waals surface area contributed by atoms with Gasteiger partial charge in [-0.3, -0.25) is 14.5 Å². The SMILES string of the molecule is CC(C)C(=O)NC1CCC(C(=O)N2C[C@@H](N(C)C(=O)N(C)c3cc(C(F)(F)F)cc(C(F)(F)F)c3)[C@H](c3ccc(F)cc3)C2)CC1. The van der Waals surface area contributed by atoms with Crippen LogP contribution >= 0.6 is 0 Å². The Morgan fingerprint density at radius 1 is 0.848 bits per heavy atom. The summed E-state index contributed by atoms with van der Waals surface area (Å²) >= 11 is 0. The second-order valence-electron chi connectivity index (χ2n) is 12.4. The summed E-state index contributed by atoms with van der Waals surface area (Å²) < 4.78 is 94.7. The number of carbonyl (C=O) groups excluding carboxylic acids is 3. The lowest BCUT2D eigenvalue weighted by atomic mass is 9.85. The first kappa shape index (κ1) is 35.0. The third-order valence-electron chi connectivity index (χ3n) is 8.89. The second kappa shape index (κ2) is 13.5. The fraction of sp³-hybridized carbons (Fsp3) is 0.531. The molecule has 1 heterocycles. The van der Waals surface area contributed by atoms with Gasteiger partial charge in [0.15, 0.2) is 0 Å². The highest BCUT2D eigenvalue weighted by Gasteiger charge is 2.43. The molecule has 0 unspecified atom stereocenters. The van der Waals surface area contributed by atoms with Crippen molar-refractivity contribution in [2.75, 3.05) is 32.1 Å². The summed E-state index contributed by atoms with van der Waals surface area (Å²) in [4.78, 5) is 42.9. The van der Waals surface area contributed by atoms with E-state index in [1.165, 1.54) is 36.2 Å². The molecule has 1 N–H and O–H groups in total. The van der Waals surface area contributed by atoms with Gasteiger partial charge in [-0.2, -0.15) is 26.3 Å². The highest BCUT2D eigenvalue weighted by Crippen LogP contribution is 2.39. The van der Waals surface area contributed by atoms with Crippen LogP contribution in [0.15, 0.2) is 42.5 Å². The molecular formula is C32H37F7N4O3. The Hall–Kier alpha value is -3.84. The number of hydrogen-bond acceptors (Lipinski definition) is 3. The van der Waals surface area contributed by atoms with E-state index in [0.717, 1.165) is 7.05 Å². The van der Waals surface area contributed by atoms with Crippen LogP contribution < -0.4 is 10.2 Å². The van der Waals surface area contributed by atoms with Gasteiger partial charge in [0.25, 0.3) is 0 Å². The van der Waals surface area contributed by atoms with E-state index < -0.39 is 53.0 Å². The molecule has 2 aromatic carbocycles. The fourth-order valence-electron chi connectivity index (χ4n) is 6.13. The van der Waals surface area contributed by atoms with Crippen molar-refractivity contribution in [2.24, 2.45) is 11.8 Å². The maximum Gasteiger partial charge on any atom is 0.416 e. The Kier molecular flexibility index (Phi) is 10.3. The second-order valence-corrected chi connectivity index (χ2v) is 12.4. The van der Waals surface area contributed by atoms with Gasteiger partial charge in [-0.1, -0.05) is 26.0 Å². The smallest absolute Gasteiger partial charge is 0.353 e. The zero-order valence-corrected chi connectivity index (χ0v) is 25.9. The molecule has 252 valence electrons. The minimum absolute atomic E-state index is 0.0116. The predicted molar refractivity (Wildman–Crippen MR) is 156 cm³/mol. The Morgan fingerprint density at radius 2 is 1.39 bits per heavy atom. The standard InChI is InChI=1S/C32H37F7N4O3/c1-18(2)28(44)40-24-11-7-20(8-12-24)29(45)43-16-26(19-5-9-23(33)10-6-19)27(17-43)42(4)30(46)41(3)25-14-21(31(34,35)36)13-22(15-25)32(37,38)39/h5-6,9-10,13-15,18,20,24,26-27H,7-8,11-12,16-17H2,1-4H3,(H,40,44)/t20?,24?,26-,27+/m0/s1. The Balaban J connectivity index is 1.56. The summed E-state index contributed by atoms with van der Waals surface area (Å²) in [6.07, 6.45) is -7.87. The predicted octanol–water partition coefficient (Wildman–Crippen LogP) is 6.68. The van der Waals surface area contributed by atoms with E-state index in [0.29, 0.717) is 48.3 Å². The average molecular weight is 659 g/mol. The molecule has 0 spiro atoms. The molecule has 2 aliphatic rings. The molecular weight excluding hydrogens is 621 g/mol. The first-order valence-corrected chi connectivity index (χ1v) is 15.0. The minimum Gasteiger partial charge on any atom is -0.353 e. The molecule has 1 aliphatic carbocycles. The quantitative estimate of drug-likeness (QED) is 0.353. The number of halogens is 7. The Morgan fingerprint density at radius 3 is 1.89 bits per heavy atom. The topological polar surface area (TPSA) is 73.0 Å². The number of nitrogens with one attached hydrogen (secondary N) is 1. The highest BCUT2D eigenvalue weighted by atomic mass is 19.4. The van der Waals surface area contributed by atoms with Crippen LogP contribution in [0, 0.1) is 17.7 Å². The molecule has 1 aliphatic heterocycles. The summed E-state index contributed by atoms with van der Waals surface area (Å²) in [5, 5.41) is 2.99. The molecule has 2 aromatic rings. The lowest BCUT2D eigenvalue weighted by Gasteiger charge is -2.33. The van der Waals surface area contributed by atoms with Crippen molar-refractivity contribution in [3.63, 3.8) is 0 Å². The molecule has 4 amide bonds. The van der Waals surface area contributed by atoms with Crippen LogP contribution in [0.5, 0.6) is 0 Å². The maximum absolute atomic E-state index is 13.8. The van der Waals surface area contributed by atoms with Crippen LogP contribution in [0.4, 0.5) is 41.2 Å². The lowest BCUT2D eigenvalue weighted by Crippen LogP contribution is -2.48. The van der Waals surface area contributed by atoms with E-state index >= 15 is 0 Å². The van der Waals surface area contributed by atoms with Crippen LogP contribution in [0.3, 0.4) is 0 Å². The van der Waals surface area contributed by atoms with Crippen LogP contribution in [0.2, 0.25) is 0 Å². The van der Waals surface area contributed by atoms with Crippen LogP contribution in [0.1, 0.15) is 62.1 Å². The number of amides is 4. The van der Waals surface area contributed by atoms with Crippen molar-refractivity contribution in [1.29, 1.82) is 0 Å². The molecule has 0 bridgehead atoms. The zero-order chi connectivity index (χ0) is 34.1. The third-order valence-corrected chi connectivity index (χ3v) is 8.89. The van der Waals surface area contributed by atoms with E-state index in [1.54, 1.807) is 18.7 Å². The van der Waals surface area contributed by atoms with Crippen molar-refractivity contribution in [1.82, 2.24) is 15.1 Å². The first-order chi connectivity index (χ1) is 21.4. The van der Waals surface area contributed by atoms with Crippen LogP contribution in [-0.4, -0.2) is 66.9 Å². The van der Waals surface area contributed by atoms with Crippen molar-refractivity contribution < 1.29 is 45.1 Å². The molecule has 1 saturated carbocycles. The van der Waals surface area contributed by atoms with Gasteiger partial charge in [0.1, 0.15) is 5.82 Å². The van der Waals surface area contributed by atoms with E-state index in [4.69, 9.17) is 0 Å². The molecule has 14 heteroatoms. The van der Waals surface area contributed by atoms with Crippen molar-refractivity contribution in [3.8, 4) is 0 Å². The van der Waals surface area contributed by atoms with Gasteiger partial charge in [-0.25, -0.2) is 9.18 Å². The number of benzene rings is 2. The number of likely N-dealkylation sites (tertiary alicyclic amines) is 1. The summed E-state index contributed by atoms with van der Waals surface area (Å²) in [5.41, 5.74) is -3.10. The van der Waals surface area contributed by atoms with E-state index in [2.05, 4.69) is 5.32 Å². The van der Waals surface area contributed by atoms with Gasteiger partial charge in [0.05, 0.1) is 17.2 Å². The Bertz CT molecular complexity index is 1390. The first-order valence-electron chi connectivity index (χ1n) is 15.0. The molecule has 4 rings (SSSR count).